The molecule has 3 rings (SSSR count). The van der Waals surface area contributed by atoms with E-state index in [0.29, 0.717) is 24.5 Å². The van der Waals surface area contributed by atoms with Crippen molar-refractivity contribution in [3.8, 4) is 17.0 Å². The first kappa shape index (κ1) is 23.0. The summed E-state index contributed by atoms with van der Waals surface area (Å²) < 4.78 is 12.1. The molecule has 3 N–H and O–H groups in total. The molecule has 8 heteroatoms. The molecule has 0 spiro atoms. The topological polar surface area (TPSA) is 108 Å². The van der Waals surface area contributed by atoms with Gasteiger partial charge in [0.2, 0.25) is 0 Å². The number of nitrogens with one attached hydrogen (secondary N) is 1. The number of carbonyl (C=O) groups is 1. The molecule has 0 aliphatic heterocycles. The van der Waals surface area contributed by atoms with E-state index >= 15 is 0 Å². The number of hydrogen-bond acceptors (Lipinski definition) is 6. The Kier molecular flexibility index (Phi) is 8.39. The van der Waals surface area contributed by atoms with Crippen LogP contribution in [0.25, 0.3) is 11.3 Å². The van der Waals surface area contributed by atoms with Gasteiger partial charge in [0.25, 0.3) is 5.56 Å². The molecule has 32 heavy (non-hydrogen) atoms. The van der Waals surface area contributed by atoms with Gasteiger partial charge in [0, 0.05) is 17.3 Å². The van der Waals surface area contributed by atoms with Crippen LogP contribution in [0, 0.1) is 0 Å². The van der Waals surface area contributed by atoms with Gasteiger partial charge in [-0.3, -0.25) is 10.1 Å². The maximum Gasteiger partial charge on any atom is 0.411 e. The Morgan fingerprint density at radius 1 is 1.09 bits per heavy atom. The summed E-state index contributed by atoms with van der Waals surface area (Å²) in [5.41, 5.74) is 8.23. The van der Waals surface area contributed by atoms with E-state index in [9.17, 15) is 9.59 Å². The molecule has 8 nitrogen and oxygen atoms in total. The number of nitrogens with zero attached hydrogens (tertiary/aromatic N) is 2. The largest absolute Gasteiger partial charge is 0.494 e. The molecule has 1 aromatic heterocycles. The highest BCUT2D eigenvalue weighted by Crippen LogP contribution is 2.22. The van der Waals surface area contributed by atoms with Crippen LogP contribution < -0.4 is 21.3 Å². The lowest BCUT2D eigenvalue weighted by Crippen LogP contribution is -2.23. The molecule has 0 aliphatic carbocycles. The number of hydrogen-bond donors (Lipinski definition) is 2. The van der Waals surface area contributed by atoms with Gasteiger partial charge >= 0.3 is 6.09 Å². The van der Waals surface area contributed by atoms with Gasteiger partial charge < -0.3 is 15.2 Å². The summed E-state index contributed by atoms with van der Waals surface area (Å²) in [6.45, 7) is 3.54. The van der Waals surface area contributed by atoms with E-state index in [-0.39, 0.29) is 18.7 Å². The first-order valence-electron chi connectivity index (χ1n) is 10.6. The SMILES string of the molecule is CCOC(=O)Nc1cccc(Cn2nc(-c3cccc(OCCCCN)c3)ccc2=O)c1. The summed E-state index contributed by atoms with van der Waals surface area (Å²) in [6.07, 6.45) is 1.29. The minimum absolute atomic E-state index is 0.216. The summed E-state index contributed by atoms with van der Waals surface area (Å²) >= 11 is 0. The minimum Gasteiger partial charge on any atom is -0.494 e. The van der Waals surface area contributed by atoms with E-state index in [2.05, 4.69) is 10.4 Å². The predicted molar refractivity (Wildman–Crippen MR) is 124 cm³/mol. The Hall–Kier alpha value is -3.65. The van der Waals surface area contributed by atoms with Gasteiger partial charge in [-0.15, -0.1) is 0 Å². The molecule has 1 heterocycles. The third-order valence-corrected chi connectivity index (χ3v) is 4.64. The number of nitrogens with two attached hydrogens (primary N) is 1. The molecule has 0 unspecified atom stereocenters. The van der Waals surface area contributed by atoms with Crippen LogP contribution in [0.15, 0.2) is 65.5 Å². The number of carbonyl (C=O) groups excluding carboxylic acids is 1. The van der Waals surface area contributed by atoms with E-state index < -0.39 is 6.09 Å². The molecular weight excluding hydrogens is 408 g/mol. The lowest BCUT2D eigenvalue weighted by atomic mass is 10.1. The van der Waals surface area contributed by atoms with Crippen LogP contribution in [0.5, 0.6) is 5.75 Å². The summed E-state index contributed by atoms with van der Waals surface area (Å²) in [5.74, 6) is 0.747. The summed E-state index contributed by atoms with van der Waals surface area (Å²) in [4.78, 5) is 24.0. The van der Waals surface area contributed by atoms with Gasteiger partial charge in [0.15, 0.2) is 0 Å². The zero-order chi connectivity index (χ0) is 22.8. The zero-order valence-electron chi connectivity index (χ0n) is 18.1. The Labute approximate surface area is 187 Å². The summed E-state index contributed by atoms with van der Waals surface area (Å²) in [6, 6.07) is 18.0. The number of benzene rings is 2. The first-order valence-corrected chi connectivity index (χ1v) is 10.6. The Morgan fingerprint density at radius 2 is 1.94 bits per heavy atom. The first-order chi connectivity index (χ1) is 15.6. The molecule has 0 aliphatic rings. The molecule has 0 atom stereocenters. The van der Waals surface area contributed by atoms with Crippen LogP contribution in [0.3, 0.4) is 0 Å². The smallest absolute Gasteiger partial charge is 0.411 e. The van der Waals surface area contributed by atoms with Crippen LogP contribution in [0.2, 0.25) is 0 Å². The lowest BCUT2D eigenvalue weighted by Gasteiger charge is -2.11. The highest BCUT2D eigenvalue weighted by molar-refractivity contribution is 5.84. The number of anilines is 1. The molecule has 1 amide bonds. The summed E-state index contributed by atoms with van der Waals surface area (Å²) in [5, 5.41) is 7.19. The molecule has 0 saturated heterocycles. The second-order valence-electron chi connectivity index (χ2n) is 7.13. The predicted octanol–water partition coefficient (Wildman–Crippen LogP) is 3.64. The van der Waals surface area contributed by atoms with Crippen molar-refractivity contribution in [3.63, 3.8) is 0 Å². The Bertz CT molecular complexity index is 1100. The second kappa shape index (κ2) is 11.7. The number of unbranched alkanes of at least 4 members (excludes halogenated alkanes) is 1. The molecule has 0 radical (unpaired) electrons. The molecule has 0 saturated carbocycles. The van der Waals surface area contributed by atoms with Gasteiger partial charge in [-0.25, -0.2) is 9.48 Å². The van der Waals surface area contributed by atoms with Crippen LogP contribution in [-0.2, 0) is 11.3 Å². The van der Waals surface area contributed by atoms with E-state index in [1.807, 2.05) is 30.3 Å². The fraction of sp³-hybridized carbons (Fsp3) is 0.292. The average Bonchev–Trinajstić information content (AvgIpc) is 2.79. The van der Waals surface area contributed by atoms with E-state index in [1.165, 1.54) is 10.7 Å². The molecule has 2 aromatic carbocycles. The third kappa shape index (κ3) is 6.68. The molecule has 0 bridgehead atoms. The van der Waals surface area contributed by atoms with Crippen molar-refractivity contribution in [3.05, 3.63) is 76.6 Å². The monoisotopic (exact) mass is 436 g/mol. The van der Waals surface area contributed by atoms with Crippen molar-refractivity contribution >= 4 is 11.8 Å². The highest BCUT2D eigenvalue weighted by Gasteiger charge is 2.08. The van der Waals surface area contributed by atoms with Crippen molar-refractivity contribution in [1.29, 1.82) is 0 Å². The summed E-state index contributed by atoms with van der Waals surface area (Å²) in [7, 11) is 0. The zero-order valence-corrected chi connectivity index (χ0v) is 18.1. The fourth-order valence-electron chi connectivity index (χ4n) is 3.10. The van der Waals surface area contributed by atoms with Crippen LogP contribution in [-0.4, -0.2) is 35.6 Å². The number of aromatic nitrogens is 2. The fourth-order valence-corrected chi connectivity index (χ4v) is 3.10. The van der Waals surface area contributed by atoms with Gasteiger partial charge in [0.05, 0.1) is 25.5 Å². The molecule has 0 fully saturated rings. The number of ether oxygens (including phenoxy) is 2. The van der Waals surface area contributed by atoms with Crippen LogP contribution in [0.1, 0.15) is 25.3 Å². The van der Waals surface area contributed by atoms with Crippen molar-refractivity contribution in [2.45, 2.75) is 26.3 Å². The number of rotatable bonds is 10. The maximum atomic E-state index is 12.4. The van der Waals surface area contributed by atoms with Crippen LogP contribution >= 0.6 is 0 Å². The van der Waals surface area contributed by atoms with Crippen molar-refractivity contribution in [1.82, 2.24) is 9.78 Å². The Morgan fingerprint density at radius 3 is 2.75 bits per heavy atom. The highest BCUT2D eigenvalue weighted by atomic mass is 16.5. The van der Waals surface area contributed by atoms with Gasteiger partial charge in [-0.1, -0.05) is 24.3 Å². The molecule has 3 aromatic rings. The minimum atomic E-state index is -0.521. The average molecular weight is 437 g/mol. The maximum absolute atomic E-state index is 12.4. The quantitative estimate of drug-likeness (QED) is 0.470. The van der Waals surface area contributed by atoms with Crippen LogP contribution in [0.4, 0.5) is 10.5 Å². The van der Waals surface area contributed by atoms with Gasteiger partial charge in [-0.2, -0.15) is 5.10 Å². The van der Waals surface area contributed by atoms with Gasteiger partial charge in [0.1, 0.15) is 5.75 Å². The van der Waals surface area contributed by atoms with Crippen molar-refractivity contribution < 1.29 is 14.3 Å². The third-order valence-electron chi connectivity index (χ3n) is 4.64. The van der Waals surface area contributed by atoms with E-state index in [0.717, 1.165) is 29.7 Å². The Balaban J connectivity index is 1.75. The molecular formula is C24H28N4O4. The van der Waals surface area contributed by atoms with Gasteiger partial charge in [-0.05, 0) is 62.2 Å². The van der Waals surface area contributed by atoms with Crippen molar-refractivity contribution in [2.75, 3.05) is 25.1 Å². The normalized spacial score (nSPS) is 10.6. The lowest BCUT2D eigenvalue weighted by molar-refractivity contribution is 0.168. The standard InChI is InChI=1S/C24H28N4O4/c1-2-31-24(30)26-20-9-5-7-18(15-20)17-28-23(29)12-11-22(27-28)19-8-6-10-21(16-19)32-14-4-3-13-25/h5-12,15-16H,2-4,13-14,17,25H2,1H3,(H,26,30). The molecule has 168 valence electrons. The number of amides is 1. The van der Waals surface area contributed by atoms with Crippen molar-refractivity contribution in [2.24, 2.45) is 5.73 Å². The van der Waals surface area contributed by atoms with E-state index in [4.69, 9.17) is 15.2 Å². The van der Waals surface area contributed by atoms with E-state index in [1.54, 1.807) is 31.2 Å². The second-order valence-corrected chi connectivity index (χ2v) is 7.13.